The first-order valence-electron chi connectivity index (χ1n) is 7.64. The first kappa shape index (κ1) is 15.7. The highest BCUT2D eigenvalue weighted by molar-refractivity contribution is 6.30. The lowest BCUT2D eigenvalue weighted by atomic mass is 10.2. The molecule has 2 aromatic carbocycles. The third-order valence-corrected chi connectivity index (χ3v) is 3.98. The monoisotopic (exact) mass is 354 g/mol. The Bertz CT molecular complexity index is 965. The molecule has 1 aromatic heterocycles. The van der Waals surface area contributed by atoms with Crippen molar-refractivity contribution in [2.24, 2.45) is 9.98 Å². The van der Waals surface area contributed by atoms with Crippen LogP contribution >= 0.6 is 11.6 Å². The fourth-order valence-corrected chi connectivity index (χ4v) is 2.62. The Kier molecular flexibility index (Phi) is 4.11. The molecule has 0 aliphatic carbocycles. The smallest absolute Gasteiger partial charge is 0.229 e. The van der Waals surface area contributed by atoms with Gasteiger partial charge in [-0.1, -0.05) is 28.9 Å². The lowest BCUT2D eigenvalue weighted by molar-refractivity contribution is 0.377. The van der Waals surface area contributed by atoms with Gasteiger partial charge in [0.25, 0.3) is 0 Å². The molecule has 0 amide bonds. The van der Waals surface area contributed by atoms with E-state index in [1.807, 2.05) is 12.1 Å². The molecule has 0 N–H and O–H groups in total. The number of aromatic nitrogens is 2. The molecule has 0 saturated heterocycles. The molecular formula is C18H12ClFN4O. The van der Waals surface area contributed by atoms with E-state index in [1.165, 1.54) is 6.07 Å². The van der Waals surface area contributed by atoms with Gasteiger partial charge in [-0.25, -0.2) is 9.38 Å². The van der Waals surface area contributed by atoms with Gasteiger partial charge in [0, 0.05) is 16.8 Å². The summed E-state index contributed by atoms with van der Waals surface area (Å²) >= 11 is 5.87. The van der Waals surface area contributed by atoms with Crippen LogP contribution in [0.2, 0.25) is 5.02 Å². The Morgan fingerprint density at radius 3 is 2.68 bits per heavy atom. The number of aliphatic imine (C=N–C) groups is 2. The van der Waals surface area contributed by atoms with Gasteiger partial charge in [-0.2, -0.15) is 4.98 Å². The minimum absolute atomic E-state index is 0.256. The van der Waals surface area contributed by atoms with Crippen LogP contribution in [-0.2, 0) is 6.42 Å². The topological polar surface area (TPSA) is 63.6 Å². The molecule has 1 atom stereocenters. The van der Waals surface area contributed by atoms with Crippen molar-refractivity contribution in [1.82, 2.24) is 10.1 Å². The van der Waals surface area contributed by atoms with Crippen LogP contribution in [0.1, 0.15) is 11.5 Å². The Balaban J connectivity index is 1.50. The molecule has 25 heavy (non-hydrogen) atoms. The fourth-order valence-electron chi connectivity index (χ4n) is 2.49. The van der Waals surface area contributed by atoms with Crippen LogP contribution in [0, 0.1) is 5.82 Å². The second-order valence-electron chi connectivity index (χ2n) is 5.50. The van der Waals surface area contributed by atoms with Gasteiger partial charge in [0.2, 0.25) is 11.7 Å². The lowest BCUT2D eigenvalue weighted by Crippen LogP contribution is -2.08. The summed E-state index contributed by atoms with van der Waals surface area (Å²) in [5.41, 5.74) is 1.20. The third kappa shape index (κ3) is 3.34. The van der Waals surface area contributed by atoms with Crippen molar-refractivity contribution in [2.75, 3.05) is 0 Å². The molecule has 4 rings (SSSR count). The average Bonchev–Trinajstić information content (AvgIpc) is 3.26. The second-order valence-corrected chi connectivity index (χ2v) is 5.94. The molecule has 0 bridgehead atoms. The molecule has 0 radical (unpaired) electrons. The van der Waals surface area contributed by atoms with E-state index in [-0.39, 0.29) is 11.9 Å². The lowest BCUT2D eigenvalue weighted by Gasteiger charge is -2.00. The van der Waals surface area contributed by atoms with Gasteiger partial charge in [0.1, 0.15) is 5.82 Å². The summed E-state index contributed by atoms with van der Waals surface area (Å²) in [4.78, 5) is 13.0. The van der Waals surface area contributed by atoms with Crippen molar-refractivity contribution in [3.8, 4) is 11.4 Å². The Hall–Kier alpha value is -2.86. The molecule has 1 unspecified atom stereocenters. The van der Waals surface area contributed by atoms with Gasteiger partial charge in [0.05, 0.1) is 18.0 Å². The highest BCUT2D eigenvalue weighted by Crippen LogP contribution is 2.20. The minimum Gasteiger partial charge on any atom is -0.339 e. The quantitative estimate of drug-likeness (QED) is 0.712. The molecule has 124 valence electrons. The van der Waals surface area contributed by atoms with Crippen LogP contribution in [0.5, 0.6) is 0 Å². The van der Waals surface area contributed by atoms with E-state index < -0.39 is 0 Å². The first-order chi connectivity index (χ1) is 12.2. The van der Waals surface area contributed by atoms with E-state index in [0.29, 0.717) is 34.6 Å². The molecular weight excluding hydrogens is 343 g/mol. The maximum absolute atomic E-state index is 13.8. The third-order valence-electron chi connectivity index (χ3n) is 3.73. The van der Waals surface area contributed by atoms with Gasteiger partial charge in [-0.05, 0) is 36.4 Å². The molecule has 0 spiro atoms. The average molecular weight is 355 g/mol. The van der Waals surface area contributed by atoms with Crippen LogP contribution in [0.15, 0.2) is 63.0 Å². The van der Waals surface area contributed by atoms with Crippen LogP contribution in [-0.4, -0.2) is 28.2 Å². The Morgan fingerprint density at radius 2 is 1.88 bits per heavy atom. The molecule has 2 heterocycles. The predicted octanol–water partition coefficient (Wildman–Crippen LogP) is 3.97. The van der Waals surface area contributed by atoms with Gasteiger partial charge in [0.15, 0.2) is 5.84 Å². The molecule has 0 saturated carbocycles. The summed E-state index contributed by atoms with van der Waals surface area (Å²) in [6, 6.07) is 13.3. The molecule has 1 aliphatic heterocycles. The van der Waals surface area contributed by atoms with Crippen LogP contribution in [0.4, 0.5) is 4.39 Å². The van der Waals surface area contributed by atoms with Crippen molar-refractivity contribution < 1.29 is 8.91 Å². The molecule has 0 fully saturated rings. The normalized spacial score (nSPS) is 16.2. The molecule has 7 heteroatoms. The number of hydrogen-bond acceptors (Lipinski definition) is 5. The van der Waals surface area contributed by atoms with Gasteiger partial charge < -0.3 is 4.52 Å². The van der Waals surface area contributed by atoms with E-state index >= 15 is 0 Å². The first-order valence-corrected chi connectivity index (χ1v) is 8.02. The van der Waals surface area contributed by atoms with Crippen LogP contribution < -0.4 is 0 Å². The van der Waals surface area contributed by atoms with Crippen LogP contribution in [0.3, 0.4) is 0 Å². The summed E-state index contributed by atoms with van der Waals surface area (Å²) in [7, 11) is 0. The minimum atomic E-state index is -0.345. The zero-order valence-electron chi connectivity index (χ0n) is 12.9. The number of benzene rings is 2. The number of amidine groups is 1. The summed E-state index contributed by atoms with van der Waals surface area (Å²) in [5.74, 6) is 0.960. The highest BCUT2D eigenvalue weighted by Gasteiger charge is 2.20. The van der Waals surface area contributed by atoms with E-state index in [4.69, 9.17) is 16.1 Å². The van der Waals surface area contributed by atoms with Crippen molar-refractivity contribution >= 4 is 23.7 Å². The molecule has 1 aliphatic rings. The van der Waals surface area contributed by atoms with Crippen molar-refractivity contribution in [3.05, 3.63) is 70.8 Å². The maximum atomic E-state index is 13.8. The van der Waals surface area contributed by atoms with Crippen molar-refractivity contribution in [1.29, 1.82) is 0 Å². The van der Waals surface area contributed by atoms with E-state index in [9.17, 15) is 4.39 Å². The second kappa shape index (κ2) is 6.57. The van der Waals surface area contributed by atoms with Gasteiger partial charge in [-0.3, -0.25) is 4.99 Å². The zero-order chi connectivity index (χ0) is 17.2. The predicted molar refractivity (Wildman–Crippen MR) is 93.7 cm³/mol. The van der Waals surface area contributed by atoms with E-state index in [1.54, 1.807) is 36.5 Å². The summed E-state index contributed by atoms with van der Waals surface area (Å²) in [6.45, 7) is 0. The van der Waals surface area contributed by atoms with Crippen molar-refractivity contribution in [2.45, 2.75) is 12.5 Å². The van der Waals surface area contributed by atoms with E-state index in [2.05, 4.69) is 20.1 Å². The maximum Gasteiger partial charge on any atom is 0.229 e. The standard InChI is InChI=1S/C18H12ClFN4O/c19-12-7-5-11(6-8-12)17-23-16(25-24-17)9-13-10-21-18(22-13)14-3-1-2-4-15(14)20/h1-8,10,13H,9H2. The number of halogens is 2. The Labute approximate surface area is 147 Å². The molecule has 5 nitrogen and oxygen atoms in total. The summed E-state index contributed by atoms with van der Waals surface area (Å²) in [6.07, 6.45) is 2.07. The number of nitrogens with zero attached hydrogens (tertiary/aromatic N) is 4. The summed E-state index contributed by atoms with van der Waals surface area (Å²) in [5, 5.41) is 4.61. The largest absolute Gasteiger partial charge is 0.339 e. The summed E-state index contributed by atoms with van der Waals surface area (Å²) < 4.78 is 19.1. The van der Waals surface area contributed by atoms with Crippen molar-refractivity contribution in [3.63, 3.8) is 0 Å². The SMILES string of the molecule is Fc1ccccc1C1=NC(Cc2nc(-c3ccc(Cl)cc3)no2)C=N1. The van der Waals surface area contributed by atoms with Gasteiger partial charge in [-0.15, -0.1) is 0 Å². The van der Waals surface area contributed by atoms with Gasteiger partial charge >= 0.3 is 0 Å². The number of rotatable bonds is 4. The van der Waals surface area contributed by atoms with E-state index in [0.717, 1.165) is 5.56 Å². The fraction of sp³-hybridized carbons (Fsp3) is 0.111. The highest BCUT2D eigenvalue weighted by atomic mass is 35.5. The molecule has 3 aromatic rings. The zero-order valence-corrected chi connectivity index (χ0v) is 13.7. The Morgan fingerprint density at radius 1 is 1.08 bits per heavy atom. The number of hydrogen-bond donors (Lipinski definition) is 0. The van der Waals surface area contributed by atoms with Crippen LogP contribution in [0.25, 0.3) is 11.4 Å².